The molecule has 0 aliphatic heterocycles. The van der Waals surface area contributed by atoms with Gasteiger partial charge in [-0.3, -0.25) is 9.59 Å². The van der Waals surface area contributed by atoms with E-state index < -0.39 is 23.3 Å². The molecule has 2 aromatic rings. The molecule has 0 bridgehead atoms. The molecule has 1 aromatic carbocycles. The van der Waals surface area contributed by atoms with Gasteiger partial charge >= 0.3 is 5.97 Å². The zero-order valence-corrected chi connectivity index (χ0v) is 12.7. The maximum Gasteiger partial charge on any atom is 0.329 e. The van der Waals surface area contributed by atoms with Gasteiger partial charge in [-0.15, -0.1) is 0 Å². The van der Waals surface area contributed by atoms with E-state index in [1.54, 1.807) is 30.3 Å². The number of nitrogens with two attached hydrogens (primary N) is 1. The Kier molecular flexibility index (Phi) is 3.80. The lowest BCUT2D eigenvalue weighted by atomic mass is 9.76. The van der Waals surface area contributed by atoms with E-state index in [4.69, 9.17) is 5.73 Å². The summed E-state index contributed by atoms with van der Waals surface area (Å²) in [4.78, 5) is 35.4. The fourth-order valence-corrected chi connectivity index (χ4v) is 2.64. The van der Waals surface area contributed by atoms with Crippen LogP contribution in [0, 0.1) is 0 Å². The molecule has 1 aromatic heterocycles. The normalized spacial score (nSPS) is 15.3. The molecule has 0 atom stereocenters. The van der Waals surface area contributed by atoms with Crippen molar-refractivity contribution < 1.29 is 19.5 Å². The van der Waals surface area contributed by atoms with Gasteiger partial charge in [0.05, 0.1) is 5.69 Å². The first-order valence-electron chi connectivity index (χ1n) is 7.44. The van der Waals surface area contributed by atoms with Crippen LogP contribution in [-0.4, -0.2) is 38.2 Å². The summed E-state index contributed by atoms with van der Waals surface area (Å²) in [7, 11) is 0. The quantitative estimate of drug-likeness (QED) is 0.745. The minimum Gasteiger partial charge on any atom is -0.480 e. The second kappa shape index (κ2) is 5.80. The number of carboxylic acids is 1. The minimum atomic E-state index is -1.25. The summed E-state index contributed by atoms with van der Waals surface area (Å²) in [6.07, 6.45) is 1.48. The standard InChI is InChI=1S/C16H16N4O4/c17-13(21)12-9-11(19-20(12)10-5-2-1-3-6-10)14(22)18-16(15(23)24)7-4-8-16/h1-3,5-6,9H,4,7-8H2,(H2,17,21)(H,18,22)(H,23,24). The molecule has 1 aliphatic rings. The number of hydrogen-bond donors (Lipinski definition) is 3. The number of primary amides is 1. The summed E-state index contributed by atoms with van der Waals surface area (Å²) >= 11 is 0. The Hall–Kier alpha value is -3.16. The third-order valence-electron chi connectivity index (χ3n) is 4.16. The van der Waals surface area contributed by atoms with Gasteiger partial charge in [-0.05, 0) is 31.4 Å². The molecular formula is C16H16N4O4. The van der Waals surface area contributed by atoms with Gasteiger partial charge < -0.3 is 16.2 Å². The van der Waals surface area contributed by atoms with E-state index in [1.807, 2.05) is 0 Å². The maximum atomic E-state index is 12.4. The molecule has 1 fully saturated rings. The molecule has 4 N–H and O–H groups in total. The predicted molar refractivity (Wildman–Crippen MR) is 83.8 cm³/mol. The van der Waals surface area contributed by atoms with Gasteiger partial charge in [-0.2, -0.15) is 5.10 Å². The highest BCUT2D eigenvalue weighted by atomic mass is 16.4. The van der Waals surface area contributed by atoms with Crippen molar-refractivity contribution in [3.63, 3.8) is 0 Å². The Morgan fingerprint density at radius 3 is 2.38 bits per heavy atom. The van der Waals surface area contributed by atoms with E-state index in [0.29, 0.717) is 18.5 Å². The van der Waals surface area contributed by atoms with Crippen molar-refractivity contribution in [2.75, 3.05) is 0 Å². The number of para-hydroxylation sites is 1. The van der Waals surface area contributed by atoms with Crippen LogP contribution in [0.1, 0.15) is 40.2 Å². The van der Waals surface area contributed by atoms with Crippen molar-refractivity contribution in [1.82, 2.24) is 15.1 Å². The van der Waals surface area contributed by atoms with E-state index in [9.17, 15) is 19.5 Å². The van der Waals surface area contributed by atoms with Crippen molar-refractivity contribution in [1.29, 1.82) is 0 Å². The van der Waals surface area contributed by atoms with Crippen LogP contribution in [0.5, 0.6) is 0 Å². The van der Waals surface area contributed by atoms with Crippen LogP contribution in [0.15, 0.2) is 36.4 Å². The summed E-state index contributed by atoms with van der Waals surface area (Å²) in [6.45, 7) is 0. The molecule has 0 radical (unpaired) electrons. The summed E-state index contributed by atoms with van der Waals surface area (Å²) in [5.41, 5.74) is 4.66. The SMILES string of the molecule is NC(=O)c1cc(C(=O)NC2(C(=O)O)CCC2)nn1-c1ccccc1. The third kappa shape index (κ3) is 2.62. The molecule has 8 nitrogen and oxygen atoms in total. The number of aromatic nitrogens is 2. The van der Waals surface area contributed by atoms with Crippen LogP contribution < -0.4 is 11.1 Å². The van der Waals surface area contributed by atoms with Crippen LogP contribution in [0.4, 0.5) is 0 Å². The number of nitrogens with zero attached hydrogens (tertiary/aromatic N) is 2. The van der Waals surface area contributed by atoms with Crippen LogP contribution in [0.25, 0.3) is 5.69 Å². The van der Waals surface area contributed by atoms with Crippen molar-refractivity contribution >= 4 is 17.8 Å². The average molecular weight is 328 g/mol. The summed E-state index contributed by atoms with van der Waals surface area (Å²) in [5, 5.41) is 15.9. The van der Waals surface area contributed by atoms with Gasteiger partial charge in [-0.1, -0.05) is 18.2 Å². The highest BCUT2D eigenvalue weighted by Crippen LogP contribution is 2.32. The zero-order chi connectivity index (χ0) is 17.3. The Labute approximate surface area is 137 Å². The first-order valence-corrected chi connectivity index (χ1v) is 7.44. The minimum absolute atomic E-state index is 0.0457. The number of carbonyl (C=O) groups is 3. The Bertz CT molecular complexity index is 809. The molecule has 0 saturated heterocycles. The molecule has 124 valence electrons. The van der Waals surface area contributed by atoms with Gasteiger partial charge in [0.1, 0.15) is 11.2 Å². The maximum absolute atomic E-state index is 12.4. The van der Waals surface area contributed by atoms with Crippen molar-refractivity contribution in [3.8, 4) is 5.69 Å². The van der Waals surface area contributed by atoms with Crippen molar-refractivity contribution in [2.45, 2.75) is 24.8 Å². The number of carbonyl (C=O) groups excluding carboxylic acids is 2. The molecule has 1 heterocycles. The van der Waals surface area contributed by atoms with E-state index >= 15 is 0 Å². The third-order valence-corrected chi connectivity index (χ3v) is 4.16. The molecule has 2 amide bonds. The lowest BCUT2D eigenvalue weighted by molar-refractivity contribution is -0.148. The van der Waals surface area contributed by atoms with Gasteiger partial charge in [0.25, 0.3) is 11.8 Å². The highest BCUT2D eigenvalue weighted by Gasteiger charge is 2.46. The fraction of sp³-hybridized carbons (Fsp3) is 0.250. The molecule has 0 spiro atoms. The number of benzene rings is 1. The van der Waals surface area contributed by atoms with Gasteiger partial charge in [0.15, 0.2) is 5.69 Å². The molecule has 8 heteroatoms. The number of hydrogen-bond acceptors (Lipinski definition) is 4. The zero-order valence-electron chi connectivity index (χ0n) is 12.7. The number of amides is 2. The van der Waals surface area contributed by atoms with Crippen LogP contribution >= 0.6 is 0 Å². The topological polar surface area (TPSA) is 127 Å². The number of aliphatic carboxylic acids is 1. The van der Waals surface area contributed by atoms with E-state index in [1.165, 1.54) is 10.7 Å². The van der Waals surface area contributed by atoms with E-state index in [0.717, 1.165) is 6.42 Å². The van der Waals surface area contributed by atoms with Gasteiger partial charge in [0, 0.05) is 6.07 Å². The van der Waals surface area contributed by atoms with Crippen LogP contribution in [0.3, 0.4) is 0 Å². The number of nitrogens with one attached hydrogen (secondary N) is 1. The second-order valence-corrected chi connectivity index (χ2v) is 5.72. The first-order chi connectivity index (χ1) is 11.4. The molecule has 3 rings (SSSR count). The average Bonchev–Trinajstić information content (AvgIpc) is 2.97. The Morgan fingerprint density at radius 2 is 1.88 bits per heavy atom. The van der Waals surface area contributed by atoms with Crippen LogP contribution in [0.2, 0.25) is 0 Å². The fourth-order valence-electron chi connectivity index (χ4n) is 2.64. The van der Waals surface area contributed by atoms with E-state index in [2.05, 4.69) is 10.4 Å². The summed E-state index contributed by atoms with van der Waals surface area (Å²) in [5.74, 6) is -2.45. The molecule has 1 aliphatic carbocycles. The highest BCUT2D eigenvalue weighted by molar-refractivity contribution is 5.99. The van der Waals surface area contributed by atoms with Crippen molar-refractivity contribution in [3.05, 3.63) is 47.8 Å². The second-order valence-electron chi connectivity index (χ2n) is 5.72. The predicted octanol–water partition coefficient (Wildman–Crippen LogP) is 0.708. The number of carboxylic acid groups (broad SMARTS) is 1. The Balaban J connectivity index is 1.93. The Morgan fingerprint density at radius 1 is 1.21 bits per heavy atom. The first kappa shape index (κ1) is 15.7. The summed E-state index contributed by atoms with van der Waals surface area (Å²) < 4.78 is 1.27. The molecule has 1 saturated carbocycles. The van der Waals surface area contributed by atoms with Gasteiger partial charge in [-0.25, -0.2) is 9.48 Å². The van der Waals surface area contributed by atoms with Crippen molar-refractivity contribution in [2.24, 2.45) is 5.73 Å². The van der Waals surface area contributed by atoms with Gasteiger partial charge in [0.2, 0.25) is 0 Å². The lowest BCUT2D eigenvalue weighted by Gasteiger charge is -2.37. The monoisotopic (exact) mass is 328 g/mol. The molecular weight excluding hydrogens is 312 g/mol. The molecule has 24 heavy (non-hydrogen) atoms. The lowest BCUT2D eigenvalue weighted by Crippen LogP contribution is -2.59. The van der Waals surface area contributed by atoms with E-state index in [-0.39, 0.29) is 11.4 Å². The molecule has 0 unspecified atom stereocenters. The smallest absolute Gasteiger partial charge is 0.329 e. The van der Waals surface area contributed by atoms with Crippen LogP contribution in [-0.2, 0) is 4.79 Å². The largest absolute Gasteiger partial charge is 0.480 e. The number of rotatable bonds is 5. The summed E-state index contributed by atoms with van der Waals surface area (Å²) in [6, 6.07) is 10.0.